The summed E-state index contributed by atoms with van der Waals surface area (Å²) in [5, 5.41) is 9.07. The fourth-order valence-electron chi connectivity index (χ4n) is 2.06. The number of aromatic nitrogens is 2. The van der Waals surface area contributed by atoms with Gasteiger partial charge in [-0.05, 0) is 25.6 Å². The van der Waals surface area contributed by atoms with Crippen molar-refractivity contribution in [2.24, 2.45) is 0 Å². The van der Waals surface area contributed by atoms with Gasteiger partial charge in [-0.1, -0.05) is 18.2 Å². The van der Waals surface area contributed by atoms with Gasteiger partial charge in [0, 0.05) is 32.0 Å². The van der Waals surface area contributed by atoms with E-state index in [0.717, 1.165) is 36.6 Å². The molecule has 1 aromatic carbocycles. The van der Waals surface area contributed by atoms with E-state index < -0.39 is 0 Å². The number of hydrogen-bond donors (Lipinski definition) is 0. The predicted molar refractivity (Wildman–Crippen MR) is 74.5 cm³/mol. The van der Waals surface area contributed by atoms with Crippen LogP contribution < -0.4 is 0 Å². The van der Waals surface area contributed by atoms with Crippen LogP contribution in [0.1, 0.15) is 17.0 Å². The maximum Gasteiger partial charge on any atom is 0.105 e. The molecule has 1 aromatic heterocycles. The lowest BCUT2D eigenvalue weighted by Crippen LogP contribution is -2.23. The van der Waals surface area contributed by atoms with Crippen LogP contribution in [0, 0.1) is 18.3 Å². The highest BCUT2D eigenvalue weighted by atomic mass is 15.1. The largest absolute Gasteiger partial charge is 0.334 e. The van der Waals surface area contributed by atoms with Crippen LogP contribution in [-0.4, -0.2) is 28.0 Å². The van der Waals surface area contributed by atoms with Gasteiger partial charge in [0.15, 0.2) is 0 Å². The zero-order chi connectivity index (χ0) is 13.7. The Labute approximate surface area is 113 Å². The third-order valence-corrected chi connectivity index (χ3v) is 3.22. The molecule has 2 rings (SSSR count). The first kappa shape index (κ1) is 13.3. The molecule has 0 N–H and O–H groups in total. The number of nitrogens with zero attached hydrogens (tertiary/aromatic N) is 4. The van der Waals surface area contributed by atoms with Crippen LogP contribution in [0.4, 0.5) is 0 Å². The molecule has 0 unspecified atom stereocenters. The van der Waals surface area contributed by atoms with Crippen LogP contribution in [0.3, 0.4) is 0 Å². The first-order valence-corrected chi connectivity index (χ1v) is 6.35. The van der Waals surface area contributed by atoms with Crippen LogP contribution in [0.25, 0.3) is 0 Å². The molecule has 4 nitrogen and oxygen atoms in total. The number of nitriles is 1. The van der Waals surface area contributed by atoms with Crippen molar-refractivity contribution in [3.8, 4) is 6.07 Å². The summed E-state index contributed by atoms with van der Waals surface area (Å²) >= 11 is 0. The second-order valence-corrected chi connectivity index (χ2v) is 4.67. The SMILES string of the molecule is Cc1nccn1CCN(C)Cc1ccccc1C#N. The van der Waals surface area contributed by atoms with Crippen molar-refractivity contribution in [3.63, 3.8) is 0 Å². The van der Waals surface area contributed by atoms with E-state index >= 15 is 0 Å². The topological polar surface area (TPSA) is 44.9 Å². The molecule has 0 bridgehead atoms. The highest BCUT2D eigenvalue weighted by Crippen LogP contribution is 2.09. The molecule has 0 aliphatic carbocycles. The Hall–Kier alpha value is -2.12. The lowest BCUT2D eigenvalue weighted by molar-refractivity contribution is 0.310. The quantitative estimate of drug-likeness (QED) is 0.821. The van der Waals surface area contributed by atoms with Crippen LogP contribution >= 0.6 is 0 Å². The van der Waals surface area contributed by atoms with E-state index in [1.807, 2.05) is 43.6 Å². The molecule has 0 spiro atoms. The molecule has 1 heterocycles. The summed E-state index contributed by atoms with van der Waals surface area (Å²) in [5.41, 5.74) is 1.84. The maximum atomic E-state index is 9.07. The van der Waals surface area contributed by atoms with E-state index in [0.29, 0.717) is 0 Å². The molecular weight excluding hydrogens is 236 g/mol. The van der Waals surface area contributed by atoms with Gasteiger partial charge in [0.05, 0.1) is 11.6 Å². The Bertz CT molecular complexity index is 580. The van der Waals surface area contributed by atoms with Gasteiger partial charge in [-0.15, -0.1) is 0 Å². The van der Waals surface area contributed by atoms with Gasteiger partial charge < -0.3 is 9.47 Å². The van der Waals surface area contributed by atoms with Gasteiger partial charge in [0.2, 0.25) is 0 Å². The fraction of sp³-hybridized carbons (Fsp3) is 0.333. The fourth-order valence-corrected chi connectivity index (χ4v) is 2.06. The van der Waals surface area contributed by atoms with E-state index in [-0.39, 0.29) is 0 Å². The van der Waals surface area contributed by atoms with E-state index in [2.05, 4.69) is 27.6 Å². The molecule has 0 atom stereocenters. The summed E-state index contributed by atoms with van der Waals surface area (Å²) in [6.07, 6.45) is 3.81. The first-order valence-electron chi connectivity index (χ1n) is 6.35. The molecule has 0 amide bonds. The van der Waals surface area contributed by atoms with Crippen molar-refractivity contribution < 1.29 is 0 Å². The molecule has 0 fully saturated rings. The maximum absolute atomic E-state index is 9.07. The van der Waals surface area contributed by atoms with Crippen LogP contribution in [-0.2, 0) is 13.1 Å². The number of likely N-dealkylation sites (N-methyl/N-ethyl adjacent to an activating group) is 1. The number of hydrogen-bond acceptors (Lipinski definition) is 3. The minimum Gasteiger partial charge on any atom is -0.334 e. The lowest BCUT2D eigenvalue weighted by atomic mass is 10.1. The minimum absolute atomic E-state index is 0.758. The Morgan fingerprint density at radius 3 is 2.84 bits per heavy atom. The number of imidazole rings is 1. The van der Waals surface area contributed by atoms with Gasteiger partial charge >= 0.3 is 0 Å². The van der Waals surface area contributed by atoms with Gasteiger partial charge in [0.1, 0.15) is 5.82 Å². The first-order chi connectivity index (χ1) is 9.20. The number of benzene rings is 1. The summed E-state index contributed by atoms with van der Waals surface area (Å²) in [6, 6.07) is 9.99. The lowest BCUT2D eigenvalue weighted by Gasteiger charge is -2.18. The summed E-state index contributed by atoms with van der Waals surface area (Å²) in [4.78, 5) is 6.43. The molecular formula is C15H18N4. The summed E-state index contributed by atoms with van der Waals surface area (Å²) in [7, 11) is 2.07. The summed E-state index contributed by atoms with van der Waals surface area (Å²) in [6.45, 7) is 4.64. The average molecular weight is 254 g/mol. The minimum atomic E-state index is 0.758. The normalized spacial score (nSPS) is 10.6. The van der Waals surface area contributed by atoms with Crippen molar-refractivity contribution in [2.75, 3.05) is 13.6 Å². The third-order valence-electron chi connectivity index (χ3n) is 3.22. The Kier molecular flexibility index (Phi) is 4.32. The van der Waals surface area contributed by atoms with E-state index in [4.69, 9.17) is 5.26 Å². The van der Waals surface area contributed by atoms with Crippen molar-refractivity contribution in [1.29, 1.82) is 5.26 Å². The number of rotatable bonds is 5. The third kappa shape index (κ3) is 3.43. The molecule has 0 radical (unpaired) electrons. The molecule has 2 aromatic rings. The molecule has 19 heavy (non-hydrogen) atoms. The molecule has 0 aliphatic rings. The molecule has 0 saturated carbocycles. The summed E-state index contributed by atoms with van der Waals surface area (Å²) in [5.74, 6) is 1.03. The smallest absolute Gasteiger partial charge is 0.105 e. The van der Waals surface area contributed by atoms with Crippen LogP contribution in [0.5, 0.6) is 0 Å². The highest BCUT2D eigenvalue weighted by molar-refractivity contribution is 5.37. The Morgan fingerprint density at radius 2 is 2.16 bits per heavy atom. The van der Waals surface area contributed by atoms with Gasteiger partial charge in [-0.25, -0.2) is 4.98 Å². The van der Waals surface area contributed by atoms with E-state index in [1.54, 1.807) is 0 Å². The predicted octanol–water partition coefficient (Wildman–Crippen LogP) is 2.20. The van der Waals surface area contributed by atoms with Gasteiger partial charge in [0.25, 0.3) is 0 Å². The van der Waals surface area contributed by atoms with Crippen molar-refractivity contribution in [1.82, 2.24) is 14.5 Å². The van der Waals surface area contributed by atoms with Gasteiger partial charge in [-0.3, -0.25) is 0 Å². The Balaban J connectivity index is 1.93. The number of aryl methyl sites for hydroxylation is 1. The molecule has 4 heteroatoms. The van der Waals surface area contributed by atoms with Crippen LogP contribution in [0.15, 0.2) is 36.7 Å². The second kappa shape index (κ2) is 6.17. The zero-order valence-electron chi connectivity index (χ0n) is 11.4. The van der Waals surface area contributed by atoms with Crippen molar-refractivity contribution in [3.05, 3.63) is 53.6 Å². The van der Waals surface area contributed by atoms with Crippen molar-refractivity contribution >= 4 is 0 Å². The summed E-state index contributed by atoms with van der Waals surface area (Å²) < 4.78 is 2.13. The Morgan fingerprint density at radius 1 is 1.37 bits per heavy atom. The van der Waals surface area contributed by atoms with E-state index in [9.17, 15) is 0 Å². The monoisotopic (exact) mass is 254 g/mol. The highest BCUT2D eigenvalue weighted by Gasteiger charge is 2.05. The zero-order valence-corrected chi connectivity index (χ0v) is 11.4. The average Bonchev–Trinajstić information content (AvgIpc) is 2.82. The van der Waals surface area contributed by atoms with Gasteiger partial charge in [-0.2, -0.15) is 5.26 Å². The molecule has 0 saturated heterocycles. The van der Waals surface area contributed by atoms with E-state index in [1.165, 1.54) is 0 Å². The molecule has 0 aliphatic heterocycles. The molecule has 98 valence electrons. The standard InChI is InChI=1S/C15H18N4/c1-13-17-7-8-19(13)10-9-18(2)12-15-6-4-3-5-14(15)11-16/h3-8H,9-10,12H2,1-2H3. The van der Waals surface area contributed by atoms with Crippen molar-refractivity contribution in [2.45, 2.75) is 20.0 Å². The van der Waals surface area contributed by atoms with Crippen LogP contribution in [0.2, 0.25) is 0 Å². The second-order valence-electron chi connectivity index (χ2n) is 4.67.